The predicted octanol–water partition coefficient (Wildman–Crippen LogP) is 6.84. The van der Waals surface area contributed by atoms with Crippen molar-refractivity contribution in [1.82, 2.24) is 4.90 Å². The standard InChI is InChI=1S/C29H31FN2O2/c1-3-4-10-27-25(17-18-32(2)20-21-8-6-5-7-9-21)26-19-24(15-16-28(26)34-27)31-29(33)22-11-13-23(30)14-12-22/h5-9,11-16,19H,3-4,10,17-18,20H2,1-2H3,(H,31,33). The zero-order chi connectivity index (χ0) is 23.9. The molecule has 0 unspecified atom stereocenters. The van der Waals surface area contributed by atoms with E-state index in [0.29, 0.717) is 11.3 Å². The van der Waals surface area contributed by atoms with E-state index in [0.717, 1.165) is 55.5 Å². The Kier molecular flexibility index (Phi) is 7.76. The van der Waals surface area contributed by atoms with Crippen LogP contribution in [0.3, 0.4) is 0 Å². The van der Waals surface area contributed by atoms with Crippen molar-refractivity contribution in [2.24, 2.45) is 0 Å². The summed E-state index contributed by atoms with van der Waals surface area (Å²) < 4.78 is 19.4. The average molecular weight is 459 g/mol. The number of carbonyl (C=O) groups is 1. The fraction of sp³-hybridized carbons (Fsp3) is 0.276. The fourth-order valence-corrected chi connectivity index (χ4v) is 4.17. The number of amides is 1. The first-order chi connectivity index (χ1) is 16.5. The Morgan fingerprint density at radius 1 is 1.00 bits per heavy atom. The quantitative estimate of drug-likeness (QED) is 0.283. The van der Waals surface area contributed by atoms with Crippen molar-refractivity contribution in [2.75, 3.05) is 18.9 Å². The minimum Gasteiger partial charge on any atom is -0.461 e. The van der Waals surface area contributed by atoms with Crippen LogP contribution in [0.2, 0.25) is 0 Å². The normalized spacial score (nSPS) is 11.3. The zero-order valence-corrected chi connectivity index (χ0v) is 19.8. The van der Waals surface area contributed by atoms with Gasteiger partial charge in [0.05, 0.1) is 0 Å². The molecule has 0 saturated heterocycles. The van der Waals surface area contributed by atoms with Crippen molar-refractivity contribution in [1.29, 1.82) is 0 Å². The minimum atomic E-state index is -0.363. The van der Waals surface area contributed by atoms with Crippen molar-refractivity contribution >= 4 is 22.6 Å². The molecule has 0 saturated carbocycles. The van der Waals surface area contributed by atoms with E-state index in [1.165, 1.54) is 35.4 Å². The van der Waals surface area contributed by atoms with Gasteiger partial charge in [0.15, 0.2) is 0 Å². The SMILES string of the molecule is CCCCc1oc2ccc(NC(=O)c3ccc(F)cc3)cc2c1CCN(C)Cc1ccccc1. The molecule has 1 heterocycles. The summed E-state index contributed by atoms with van der Waals surface area (Å²) in [4.78, 5) is 14.9. The van der Waals surface area contributed by atoms with Gasteiger partial charge in [-0.2, -0.15) is 0 Å². The van der Waals surface area contributed by atoms with E-state index in [2.05, 4.69) is 48.5 Å². The van der Waals surface area contributed by atoms with Crippen LogP contribution in [0.15, 0.2) is 77.2 Å². The van der Waals surface area contributed by atoms with Crippen molar-refractivity contribution in [2.45, 2.75) is 39.2 Å². The number of nitrogens with one attached hydrogen (secondary N) is 1. The number of benzene rings is 3. The van der Waals surface area contributed by atoms with Crippen LogP contribution in [0.4, 0.5) is 10.1 Å². The molecule has 0 bridgehead atoms. The third-order valence-corrected chi connectivity index (χ3v) is 6.03. The van der Waals surface area contributed by atoms with Gasteiger partial charge in [-0.25, -0.2) is 4.39 Å². The second-order valence-electron chi connectivity index (χ2n) is 8.75. The van der Waals surface area contributed by atoms with Crippen molar-refractivity contribution in [3.63, 3.8) is 0 Å². The van der Waals surface area contributed by atoms with Gasteiger partial charge in [0.2, 0.25) is 0 Å². The van der Waals surface area contributed by atoms with Gasteiger partial charge in [0.25, 0.3) is 5.91 Å². The van der Waals surface area contributed by atoms with E-state index in [1.54, 1.807) is 0 Å². The molecular weight excluding hydrogens is 427 g/mol. The van der Waals surface area contributed by atoms with Crippen LogP contribution in [0.5, 0.6) is 0 Å². The Labute approximate surface area is 200 Å². The van der Waals surface area contributed by atoms with Crippen LogP contribution in [0, 0.1) is 5.82 Å². The van der Waals surface area contributed by atoms with E-state index in [9.17, 15) is 9.18 Å². The number of anilines is 1. The molecule has 34 heavy (non-hydrogen) atoms. The maximum Gasteiger partial charge on any atom is 0.255 e. The monoisotopic (exact) mass is 458 g/mol. The highest BCUT2D eigenvalue weighted by Crippen LogP contribution is 2.30. The molecule has 4 aromatic rings. The average Bonchev–Trinajstić information content (AvgIpc) is 3.19. The maximum absolute atomic E-state index is 13.2. The minimum absolute atomic E-state index is 0.266. The first-order valence-electron chi connectivity index (χ1n) is 11.9. The van der Waals surface area contributed by atoms with E-state index in [1.807, 2.05) is 24.3 Å². The van der Waals surface area contributed by atoms with Gasteiger partial charge < -0.3 is 14.6 Å². The van der Waals surface area contributed by atoms with Crippen LogP contribution in [0.25, 0.3) is 11.0 Å². The molecule has 0 aliphatic carbocycles. The van der Waals surface area contributed by atoms with Gasteiger partial charge in [0, 0.05) is 41.7 Å². The highest BCUT2D eigenvalue weighted by atomic mass is 19.1. The number of likely N-dealkylation sites (N-methyl/N-ethyl adjacent to an activating group) is 1. The lowest BCUT2D eigenvalue weighted by Gasteiger charge is -2.17. The molecule has 1 aromatic heterocycles. The number of carbonyl (C=O) groups excluding carboxylic acids is 1. The summed E-state index contributed by atoms with van der Waals surface area (Å²) in [6.07, 6.45) is 3.94. The zero-order valence-electron chi connectivity index (χ0n) is 19.8. The first-order valence-corrected chi connectivity index (χ1v) is 11.9. The van der Waals surface area contributed by atoms with Crippen molar-refractivity contribution in [3.8, 4) is 0 Å². The summed E-state index contributed by atoms with van der Waals surface area (Å²) >= 11 is 0. The molecule has 0 fully saturated rings. The summed E-state index contributed by atoms with van der Waals surface area (Å²) in [5.41, 5.74) is 4.45. The Morgan fingerprint density at radius 3 is 2.50 bits per heavy atom. The topological polar surface area (TPSA) is 45.5 Å². The Bertz CT molecular complexity index is 1230. The molecular formula is C29H31FN2O2. The third kappa shape index (κ3) is 5.91. The summed E-state index contributed by atoms with van der Waals surface area (Å²) in [5, 5.41) is 3.97. The van der Waals surface area contributed by atoms with Gasteiger partial charge in [0.1, 0.15) is 17.2 Å². The van der Waals surface area contributed by atoms with Crippen LogP contribution < -0.4 is 5.32 Å². The summed E-state index contributed by atoms with van der Waals surface area (Å²) in [5.74, 6) is 0.406. The number of aryl methyl sites for hydroxylation is 1. The maximum atomic E-state index is 13.2. The van der Waals surface area contributed by atoms with Crippen LogP contribution in [0.1, 0.15) is 47.0 Å². The molecule has 0 spiro atoms. The van der Waals surface area contributed by atoms with E-state index in [-0.39, 0.29) is 11.7 Å². The van der Waals surface area contributed by atoms with Crippen molar-refractivity contribution < 1.29 is 13.6 Å². The van der Waals surface area contributed by atoms with Gasteiger partial charge >= 0.3 is 0 Å². The molecule has 0 radical (unpaired) electrons. The van der Waals surface area contributed by atoms with Crippen LogP contribution in [-0.4, -0.2) is 24.4 Å². The number of rotatable bonds is 10. The molecule has 0 atom stereocenters. The number of nitrogens with zero attached hydrogens (tertiary/aromatic N) is 1. The Balaban J connectivity index is 1.54. The number of fused-ring (bicyclic) bond motifs is 1. The largest absolute Gasteiger partial charge is 0.461 e. The molecule has 4 nitrogen and oxygen atoms in total. The highest BCUT2D eigenvalue weighted by molar-refractivity contribution is 6.05. The predicted molar refractivity (Wildman–Crippen MR) is 136 cm³/mol. The number of hydrogen-bond acceptors (Lipinski definition) is 3. The van der Waals surface area contributed by atoms with Gasteiger partial charge in [-0.05, 0) is 67.9 Å². The van der Waals surface area contributed by atoms with Crippen LogP contribution >= 0.6 is 0 Å². The summed E-state index contributed by atoms with van der Waals surface area (Å²) in [6, 6.07) is 21.8. The van der Waals surface area contributed by atoms with E-state index in [4.69, 9.17) is 4.42 Å². The molecule has 3 aromatic carbocycles. The molecule has 176 valence electrons. The third-order valence-electron chi connectivity index (χ3n) is 6.03. The van der Waals surface area contributed by atoms with Gasteiger partial charge in [-0.1, -0.05) is 43.7 Å². The van der Waals surface area contributed by atoms with E-state index < -0.39 is 0 Å². The first kappa shape index (κ1) is 23.7. The Morgan fingerprint density at radius 2 is 1.76 bits per heavy atom. The van der Waals surface area contributed by atoms with Crippen molar-refractivity contribution in [3.05, 3.63) is 101 Å². The lowest BCUT2D eigenvalue weighted by Crippen LogP contribution is -2.21. The smallest absolute Gasteiger partial charge is 0.255 e. The lowest BCUT2D eigenvalue weighted by atomic mass is 10.0. The fourth-order valence-electron chi connectivity index (χ4n) is 4.17. The summed E-state index contributed by atoms with van der Waals surface area (Å²) in [6.45, 7) is 3.97. The lowest BCUT2D eigenvalue weighted by molar-refractivity contribution is 0.102. The number of halogens is 1. The molecule has 0 aliphatic rings. The Hall–Kier alpha value is -3.44. The van der Waals surface area contributed by atoms with Gasteiger partial charge in [-0.15, -0.1) is 0 Å². The van der Waals surface area contributed by atoms with E-state index >= 15 is 0 Å². The second-order valence-corrected chi connectivity index (χ2v) is 8.75. The molecule has 0 aliphatic heterocycles. The number of unbranched alkanes of at least 4 members (excludes halogenated alkanes) is 1. The highest BCUT2D eigenvalue weighted by Gasteiger charge is 2.16. The van der Waals surface area contributed by atoms with Crippen LogP contribution in [-0.2, 0) is 19.4 Å². The summed E-state index contributed by atoms with van der Waals surface area (Å²) in [7, 11) is 2.13. The second kappa shape index (κ2) is 11.1. The number of hydrogen-bond donors (Lipinski definition) is 1. The molecule has 1 amide bonds. The van der Waals surface area contributed by atoms with Gasteiger partial charge in [-0.3, -0.25) is 4.79 Å². The molecule has 5 heteroatoms. The number of furan rings is 1. The molecule has 4 rings (SSSR count). The molecule has 1 N–H and O–H groups in total.